The van der Waals surface area contributed by atoms with Crippen LogP contribution in [0.4, 0.5) is 4.39 Å². The molecule has 2 atom stereocenters. The third kappa shape index (κ3) is 2.94. The minimum Gasteiger partial charge on any atom is -0.207 e. The van der Waals surface area contributed by atoms with Gasteiger partial charge in [-0.1, -0.05) is 27.5 Å². The van der Waals surface area contributed by atoms with E-state index in [0.29, 0.717) is 15.8 Å². The highest BCUT2D eigenvalue weighted by atomic mass is 79.9. The first-order valence-electron chi connectivity index (χ1n) is 5.23. The van der Waals surface area contributed by atoms with E-state index >= 15 is 0 Å². The van der Waals surface area contributed by atoms with Gasteiger partial charge in [-0.05, 0) is 55.4 Å². The molecule has 0 nitrogen and oxygen atoms in total. The normalized spacial score (nSPS) is 25.8. The fraction of sp³-hybridized carbons (Fsp3) is 0.500. The molecule has 0 radical (unpaired) electrons. The highest BCUT2D eigenvalue weighted by molar-refractivity contribution is 9.09. The number of hydrogen-bond donors (Lipinski definition) is 0. The molecule has 1 saturated carbocycles. The van der Waals surface area contributed by atoms with Crippen LogP contribution in [-0.2, 0) is 6.42 Å². The molecule has 0 aliphatic heterocycles. The molecule has 0 heterocycles. The lowest BCUT2D eigenvalue weighted by Crippen LogP contribution is -2.02. The van der Waals surface area contributed by atoms with Gasteiger partial charge >= 0.3 is 0 Å². The van der Waals surface area contributed by atoms with Crippen molar-refractivity contribution in [3.05, 3.63) is 34.6 Å². The highest BCUT2D eigenvalue weighted by Gasteiger charge is 2.23. The summed E-state index contributed by atoms with van der Waals surface area (Å²) in [6.07, 6.45) is 4.34. The van der Waals surface area contributed by atoms with Gasteiger partial charge in [-0.15, -0.1) is 0 Å². The first-order chi connectivity index (χ1) is 7.15. The zero-order valence-electron chi connectivity index (χ0n) is 8.35. The van der Waals surface area contributed by atoms with Gasteiger partial charge in [0.25, 0.3) is 0 Å². The molecule has 1 aromatic rings. The van der Waals surface area contributed by atoms with Crippen molar-refractivity contribution in [1.29, 1.82) is 0 Å². The molecule has 82 valence electrons. The van der Waals surface area contributed by atoms with E-state index in [1.165, 1.54) is 18.9 Å². The van der Waals surface area contributed by atoms with Crippen LogP contribution in [0.2, 0.25) is 5.02 Å². The molecule has 0 saturated heterocycles. The van der Waals surface area contributed by atoms with E-state index in [2.05, 4.69) is 15.9 Å². The Morgan fingerprint density at radius 1 is 1.40 bits per heavy atom. The maximum Gasteiger partial charge on any atom is 0.126 e. The largest absolute Gasteiger partial charge is 0.207 e. The van der Waals surface area contributed by atoms with E-state index in [-0.39, 0.29) is 5.82 Å². The standard InChI is InChI=1S/C12H13BrClF/c13-10-2-1-8(6-10)5-9-7-11(14)3-4-12(9)15/h3-4,7-8,10H,1-2,5-6H2. The zero-order valence-corrected chi connectivity index (χ0v) is 10.7. The van der Waals surface area contributed by atoms with E-state index in [1.54, 1.807) is 12.1 Å². The fourth-order valence-corrected chi connectivity index (χ4v) is 3.20. The van der Waals surface area contributed by atoms with Crippen molar-refractivity contribution in [2.24, 2.45) is 5.92 Å². The molecule has 0 bridgehead atoms. The Labute approximate surface area is 103 Å². The molecule has 0 spiro atoms. The van der Waals surface area contributed by atoms with Crippen LogP contribution >= 0.6 is 27.5 Å². The average Bonchev–Trinajstić information content (AvgIpc) is 2.58. The summed E-state index contributed by atoms with van der Waals surface area (Å²) in [5, 5.41) is 0.625. The average molecular weight is 292 g/mol. The van der Waals surface area contributed by atoms with E-state index in [1.807, 2.05) is 0 Å². The first kappa shape index (κ1) is 11.4. The van der Waals surface area contributed by atoms with Crippen molar-refractivity contribution in [3.8, 4) is 0 Å². The topological polar surface area (TPSA) is 0 Å². The predicted octanol–water partition coefficient (Wildman–Crippen LogP) is 4.59. The summed E-state index contributed by atoms with van der Waals surface area (Å²) in [6.45, 7) is 0. The summed E-state index contributed by atoms with van der Waals surface area (Å²) in [4.78, 5) is 0.616. The number of hydrogen-bond acceptors (Lipinski definition) is 0. The van der Waals surface area contributed by atoms with Gasteiger partial charge in [0.05, 0.1) is 0 Å². The Bertz CT molecular complexity index is 353. The summed E-state index contributed by atoms with van der Waals surface area (Å²) in [5.41, 5.74) is 0.758. The van der Waals surface area contributed by atoms with Gasteiger partial charge in [0.15, 0.2) is 0 Å². The molecule has 1 aliphatic carbocycles. The third-order valence-corrected chi connectivity index (χ3v) is 4.06. The van der Waals surface area contributed by atoms with Gasteiger partial charge < -0.3 is 0 Å². The number of halogens is 3. The summed E-state index contributed by atoms with van der Waals surface area (Å²) in [7, 11) is 0. The van der Waals surface area contributed by atoms with Crippen LogP contribution in [-0.4, -0.2) is 4.83 Å². The molecular formula is C12H13BrClF. The number of benzene rings is 1. The fourth-order valence-electron chi connectivity index (χ4n) is 2.21. The van der Waals surface area contributed by atoms with Crippen LogP contribution in [0.15, 0.2) is 18.2 Å². The van der Waals surface area contributed by atoms with Gasteiger partial charge in [0, 0.05) is 9.85 Å². The van der Waals surface area contributed by atoms with Crippen LogP contribution < -0.4 is 0 Å². The zero-order chi connectivity index (χ0) is 10.8. The Hall–Kier alpha value is -0.0800. The molecule has 1 aliphatic rings. The Balaban J connectivity index is 2.07. The Kier molecular flexibility index (Phi) is 3.68. The van der Waals surface area contributed by atoms with Crippen molar-refractivity contribution in [1.82, 2.24) is 0 Å². The lowest BCUT2D eigenvalue weighted by molar-refractivity contribution is 0.522. The van der Waals surface area contributed by atoms with Crippen LogP contribution in [0.3, 0.4) is 0 Å². The minimum atomic E-state index is -0.127. The first-order valence-corrected chi connectivity index (χ1v) is 6.52. The molecule has 1 fully saturated rings. The Morgan fingerprint density at radius 2 is 2.20 bits per heavy atom. The van der Waals surface area contributed by atoms with Gasteiger partial charge in [-0.3, -0.25) is 0 Å². The summed E-state index contributed by atoms with van der Waals surface area (Å²) >= 11 is 9.46. The maximum atomic E-state index is 13.4. The van der Waals surface area contributed by atoms with E-state index in [4.69, 9.17) is 11.6 Å². The van der Waals surface area contributed by atoms with Crippen molar-refractivity contribution < 1.29 is 4.39 Å². The van der Waals surface area contributed by atoms with E-state index < -0.39 is 0 Å². The predicted molar refractivity (Wildman–Crippen MR) is 65.2 cm³/mol. The maximum absolute atomic E-state index is 13.4. The highest BCUT2D eigenvalue weighted by Crippen LogP contribution is 2.33. The van der Waals surface area contributed by atoms with E-state index in [9.17, 15) is 4.39 Å². The van der Waals surface area contributed by atoms with Gasteiger partial charge in [0.1, 0.15) is 5.82 Å². The van der Waals surface area contributed by atoms with Crippen molar-refractivity contribution in [2.75, 3.05) is 0 Å². The second-order valence-corrected chi connectivity index (χ2v) is 5.95. The molecule has 1 aromatic carbocycles. The van der Waals surface area contributed by atoms with Gasteiger partial charge in [-0.25, -0.2) is 4.39 Å². The summed E-state index contributed by atoms with van der Waals surface area (Å²) < 4.78 is 13.4. The molecule has 2 unspecified atom stereocenters. The SMILES string of the molecule is Fc1ccc(Cl)cc1CC1CCC(Br)C1. The van der Waals surface area contributed by atoms with Crippen molar-refractivity contribution in [3.63, 3.8) is 0 Å². The van der Waals surface area contributed by atoms with Crippen molar-refractivity contribution >= 4 is 27.5 Å². The third-order valence-electron chi connectivity index (χ3n) is 2.99. The summed E-state index contributed by atoms with van der Waals surface area (Å²) in [5.74, 6) is 0.472. The molecule has 0 aromatic heterocycles. The molecular weight excluding hydrogens is 278 g/mol. The van der Waals surface area contributed by atoms with Crippen LogP contribution in [0, 0.1) is 11.7 Å². The van der Waals surface area contributed by atoms with Gasteiger partial charge in [0.2, 0.25) is 0 Å². The molecule has 0 amide bonds. The second kappa shape index (κ2) is 4.84. The summed E-state index contributed by atoms with van der Waals surface area (Å²) in [6, 6.07) is 4.80. The minimum absolute atomic E-state index is 0.127. The smallest absolute Gasteiger partial charge is 0.126 e. The lowest BCUT2D eigenvalue weighted by Gasteiger charge is -2.10. The lowest BCUT2D eigenvalue weighted by atomic mass is 9.98. The van der Waals surface area contributed by atoms with Crippen LogP contribution in [0.25, 0.3) is 0 Å². The second-order valence-electron chi connectivity index (χ2n) is 4.22. The van der Waals surface area contributed by atoms with Gasteiger partial charge in [-0.2, -0.15) is 0 Å². The van der Waals surface area contributed by atoms with Crippen LogP contribution in [0.1, 0.15) is 24.8 Å². The van der Waals surface area contributed by atoms with Crippen LogP contribution in [0.5, 0.6) is 0 Å². The molecule has 15 heavy (non-hydrogen) atoms. The Morgan fingerprint density at radius 3 is 2.87 bits per heavy atom. The number of alkyl halides is 1. The quantitative estimate of drug-likeness (QED) is 0.699. The molecule has 0 N–H and O–H groups in total. The van der Waals surface area contributed by atoms with E-state index in [0.717, 1.165) is 18.4 Å². The molecule has 3 heteroatoms. The number of rotatable bonds is 2. The monoisotopic (exact) mass is 290 g/mol. The van der Waals surface area contributed by atoms with Crippen molar-refractivity contribution in [2.45, 2.75) is 30.5 Å². The molecule has 2 rings (SSSR count).